The van der Waals surface area contributed by atoms with E-state index in [1.807, 2.05) is 97.1 Å². The van der Waals surface area contributed by atoms with E-state index in [1.165, 1.54) is 4.90 Å². The fourth-order valence-corrected chi connectivity index (χ4v) is 5.24. The first-order valence-electron chi connectivity index (χ1n) is 12.6. The minimum atomic E-state index is -0.548. The van der Waals surface area contributed by atoms with Crippen LogP contribution in [0.15, 0.2) is 127 Å². The van der Waals surface area contributed by atoms with Gasteiger partial charge in [-0.15, -0.1) is 0 Å². The summed E-state index contributed by atoms with van der Waals surface area (Å²) in [4.78, 5) is 28.3. The van der Waals surface area contributed by atoms with E-state index in [-0.39, 0.29) is 10.7 Å². The molecule has 4 aromatic carbocycles. The first kappa shape index (κ1) is 25.5. The van der Waals surface area contributed by atoms with Crippen molar-refractivity contribution in [1.82, 2.24) is 9.88 Å². The Labute approximate surface area is 242 Å². The van der Waals surface area contributed by atoms with Crippen LogP contribution in [-0.2, 0) is 9.59 Å². The molecule has 1 N–H and O–H groups in total. The van der Waals surface area contributed by atoms with Crippen molar-refractivity contribution in [3.63, 3.8) is 0 Å². The van der Waals surface area contributed by atoms with E-state index in [4.69, 9.17) is 23.8 Å². The highest BCUT2D eigenvalue weighted by molar-refractivity contribution is 7.80. The molecule has 5 nitrogen and oxygen atoms in total. The van der Waals surface area contributed by atoms with Gasteiger partial charge >= 0.3 is 0 Å². The topological polar surface area (TPSA) is 54.3 Å². The van der Waals surface area contributed by atoms with Gasteiger partial charge < -0.3 is 4.57 Å². The molecule has 1 fully saturated rings. The van der Waals surface area contributed by atoms with Crippen molar-refractivity contribution in [1.29, 1.82) is 0 Å². The molecule has 0 spiro atoms. The lowest BCUT2D eigenvalue weighted by atomic mass is 10.0. The minimum absolute atomic E-state index is 0.0181. The maximum Gasteiger partial charge on any atom is 0.270 e. The number of carbonyl (C=O) groups excluding carboxylic acids is 2. The molecule has 5 aromatic rings. The Hall–Kier alpha value is -4.78. The Morgan fingerprint density at radius 3 is 1.90 bits per heavy atom. The number of halogens is 1. The molecule has 2 heterocycles. The van der Waals surface area contributed by atoms with Crippen LogP contribution in [0.4, 0.5) is 5.69 Å². The smallest absolute Gasteiger partial charge is 0.270 e. The molecule has 0 unspecified atom stereocenters. The predicted molar refractivity (Wildman–Crippen MR) is 164 cm³/mol. The first-order chi connectivity index (χ1) is 19.5. The van der Waals surface area contributed by atoms with Crippen LogP contribution < -0.4 is 10.2 Å². The van der Waals surface area contributed by atoms with Crippen LogP contribution in [-0.4, -0.2) is 21.5 Å². The van der Waals surface area contributed by atoms with Crippen molar-refractivity contribution in [3.8, 4) is 28.2 Å². The predicted octanol–water partition coefficient (Wildman–Crippen LogP) is 7.30. The number of para-hydroxylation sites is 1. The Bertz CT molecular complexity index is 1760. The quantitative estimate of drug-likeness (QED) is 0.140. The molecular formula is C33H22ClN3O2S. The largest absolute Gasteiger partial charge is 0.309 e. The van der Waals surface area contributed by atoms with Crippen molar-refractivity contribution in [2.24, 2.45) is 0 Å². The Kier molecular flexibility index (Phi) is 6.86. The number of hydrogen-bond acceptors (Lipinski definition) is 3. The van der Waals surface area contributed by atoms with Gasteiger partial charge in [0.15, 0.2) is 5.11 Å². The zero-order valence-electron chi connectivity index (χ0n) is 21.1. The van der Waals surface area contributed by atoms with Crippen LogP contribution in [0.1, 0.15) is 5.56 Å². The first-order valence-corrected chi connectivity index (χ1v) is 13.4. The fraction of sp³-hybridized carbons (Fsp3) is 0. The van der Waals surface area contributed by atoms with Crippen LogP contribution >= 0.6 is 23.8 Å². The monoisotopic (exact) mass is 559 g/mol. The standard InChI is InChI=1S/C33H22ClN3O2S/c34-25-16-18-27(19-17-25)37-32(39)28(31(38)35-33(37)40)20-24-21-29(22-10-4-1-5-11-22)36(26-14-8-3-9-15-26)30(24)23-12-6-2-7-13-23/h1-21H,(H,35,38,40)/b28-20+. The normalized spacial score (nSPS) is 14.5. The number of nitrogens with one attached hydrogen (secondary N) is 1. The van der Waals surface area contributed by atoms with Gasteiger partial charge in [-0.2, -0.15) is 0 Å². The molecule has 1 aliphatic rings. The number of carbonyl (C=O) groups is 2. The second-order valence-electron chi connectivity index (χ2n) is 9.17. The number of hydrogen-bond donors (Lipinski definition) is 1. The van der Waals surface area contributed by atoms with Crippen LogP contribution in [0.3, 0.4) is 0 Å². The van der Waals surface area contributed by atoms with Gasteiger partial charge in [-0.05, 0) is 71.9 Å². The number of nitrogens with zero attached hydrogens (tertiary/aromatic N) is 2. The number of aromatic nitrogens is 1. The third-order valence-corrected chi connectivity index (χ3v) is 7.18. The highest BCUT2D eigenvalue weighted by atomic mass is 35.5. The second-order valence-corrected chi connectivity index (χ2v) is 9.99. The molecule has 1 saturated heterocycles. The lowest BCUT2D eigenvalue weighted by Gasteiger charge is -2.29. The average molecular weight is 560 g/mol. The molecule has 0 bridgehead atoms. The molecule has 0 aliphatic carbocycles. The van der Waals surface area contributed by atoms with Gasteiger partial charge in [0, 0.05) is 16.3 Å². The van der Waals surface area contributed by atoms with Crippen LogP contribution in [0.5, 0.6) is 0 Å². The van der Waals surface area contributed by atoms with E-state index in [2.05, 4.69) is 9.88 Å². The summed E-state index contributed by atoms with van der Waals surface area (Å²) in [6.07, 6.45) is 1.65. The van der Waals surface area contributed by atoms with Gasteiger partial charge in [-0.3, -0.25) is 19.8 Å². The molecule has 0 saturated carbocycles. The van der Waals surface area contributed by atoms with Gasteiger partial charge in [-0.1, -0.05) is 90.5 Å². The molecule has 2 amide bonds. The average Bonchev–Trinajstić information content (AvgIpc) is 3.37. The van der Waals surface area contributed by atoms with Crippen molar-refractivity contribution in [2.75, 3.05) is 4.90 Å². The van der Waals surface area contributed by atoms with Crippen molar-refractivity contribution in [3.05, 3.63) is 137 Å². The number of benzene rings is 4. The van der Waals surface area contributed by atoms with Crippen LogP contribution in [0, 0.1) is 0 Å². The maximum atomic E-state index is 13.8. The highest BCUT2D eigenvalue weighted by Gasteiger charge is 2.35. The maximum absolute atomic E-state index is 13.8. The molecule has 0 atom stereocenters. The van der Waals surface area contributed by atoms with Gasteiger partial charge in [0.1, 0.15) is 5.57 Å². The lowest BCUT2D eigenvalue weighted by molar-refractivity contribution is -0.122. The number of anilines is 1. The third kappa shape index (κ3) is 4.75. The summed E-state index contributed by atoms with van der Waals surface area (Å²) < 4.78 is 2.16. The molecule has 1 aliphatic heterocycles. The van der Waals surface area contributed by atoms with E-state index in [9.17, 15) is 9.59 Å². The summed E-state index contributed by atoms with van der Waals surface area (Å²) >= 11 is 11.4. The van der Waals surface area contributed by atoms with E-state index < -0.39 is 11.8 Å². The van der Waals surface area contributed by atoms with Crippen molar-refractivity contribution in [2.45, 2.75) is 0 Å². The minimum Gasteiger partial charge on any atom is -0.309 e. The van der Waals surface area contributed by atoms with E-state index in [0.717, 1.165) is 33.8 Å². The summed E-state index contributed by atoms with van der Waals surface area (Å²) in [6, 6.07) is 38.7. The van der Waals surface area contributed by atoms with Crippen molar-refractivity contribution >= 4 is 52.5 Å². The summed E-state index contributed by atoms with van der Waals surface area (Å²) in [6.45, 7) is 0. The molecule has 40 heavy (non-hydrogen) atoms. The Balaban J connectivity index is 1.59. The molecule has 7 heteroatoms. The van der Waals surface area contributed by atoms with Gasteiger partial charge in [-0.25, -0.2) is 0 Å². The molecular weight excluding hydrogens is 538 g/mol. The van der Waals surface area contributed by atoms with Crippen LogP contribution in [0.25, 0.3) is 34.3 Å². The summed E-state index contributed by atoms with van der Waals surface area (Å²) in [5.74, 6) is -1.06. The number of rotatable bonds is 5. The molecule has 0 radical (unpaired) electrons. The second kappa shape index (κ2) is 10.8. The third-order valence-electron chi connectivity index (χ3n) is 6.65. The van der Waals surface area contributed by atoms with Crippen LogP contribution in [0.2, 0.25) is 5.02 Å². The number of thiocarbonyl (C=S) groups is 1. The zero-order valence-corrected chi connectivity index (χ0v) is 22.7. The van der Waals surface area contributed by atoms with E-state index >= 15 is 0 Å². The lowest BCUT2D eigenvalue weighted by Crippen LogP contribution is -2.54. The molecule has 194 valence electrons. The highest BCUT2D eigenvalue weighted by Crippen LogP contribution is 2.37. The SMILES string of the molecule is O=C1NC(=S)N(c2ccc(Cl)cc2)C(=O)/C1=C/c1cc(-c2ccccc2)n(-c2ccccc2)c1-c1ccccc1. The van der Waals surface area contributed by atoms with Crippen molar-refractivity contribution < 1.29 is 9.59 Å². The molecule has 1 aromatic heterocycles. The van der Waals surface area contributed by atoms with Gasteiger partial charge in [0.2, 0.25) is 0 Å². The Morgan fingerprint density at radius 1 is 0.700 bits per heavy atom. The summed E-state index contributed by atoms with van der Waals surface area (Å²) in [5.41, 5.74) is 5.87. The fourth-order valence-electron chi connectivity index (χ4n) is 4.84. The van der Waals surface area contributed by atoms with E-state index in [0.29, 0.717) is 10.7 Å². The number of amides is 2. The zero-order chi connectivity index (χ0) is 27.6. The Morgan fingerprint density at radius 2 is 1.27 bits per heavy atom. The van der Waals surface area contributed by atoms with Gasteiger partial charge in [0.05, 0.1) is 17.1 Å². The summed E-state index contributed by atoms with van der Waals surface area (Å²) in [7, 11) is 0. The molecule has 6 rings (SSSR count). The summed E-state index contributed by atoms with van der Waals surface area (Å²) in [5, 5.41) is 3.22. The van der Waals surface area contributed by atoms with E-state index in [1.54, 1.807) is 30.3 Å². The van der Waals surface area contributed by atoms with Gasteiger partial charge in [0.25, 0.3) is 11.8 Å².